The van der Waals surface area contributed by atoms with E-state index in [4.69, 9.17) is 11.5 Å². The Balaban J connectivity index is 4.70. The number of amides is 1. The van der Waals surface area contributed by atoms with Crippen molar-refractivity contribution in [3.05, 3.63) is 0 Å². The van der Waals surface area contributed by atoms with Crippen LogP contribution in [0.2, 0.25) is 0 Å². The molecule has 1 amide bonds. The molecule has 0 bridgehead atoms. The van der Waals surface area contributed by atoms with Gasteiger partial charge in [-0.1, -0.05) is 0 Å². The second-order valence-electron chi connectivity index (χ2n) is 6.33. The van der Waals surface area contributed by atoms with E-state index in [1.54, 1.807) is 25.6 Å². The van der Waals surface area contributed by atoms with Gasteiger partial charge < -0.3 is 0 Å². The maximum absolute atomic E-state index is 12.5. The number of rotatable bonds is 15. The molecule has 10 heteroatoms. The van der Waals surface area contributed by atoms with Crippen LogP contribution in [0.25, 0.3) is 0 Å². The first-order chi connectivity index (χ1) is 12.2. The molecule has 0 aromatic carbocycles. The van der Waals surface area contributed by atoms with Gasteiger partial charge in [0.05, 0.1) is 0 Å². The summed E-state index contributed by atoms with van der Waals surface area (Å²) < 4.78 is 2.90. The van der Waals surface area contributed by atoms with Crippen molar-refractivity contribution in [2.75, 3.05) is 18.6 Å². The predicted octanol–water partition coefficient (Wildman–Crippen LogP) is -0.475. The first kappa shape index (κ1) is 25.4. The van der Waals surface area contributed by atoms with Gasteiger partial charge in [0.15, 0.2) is 0 Å². The molecule has 0 fully saturated rings. The van der Waals surface area contributed by atoms with Crippen LogP contribution < -0.4 is 21.1 Å². The van der Waals surface area contributed by atoms with E-state index < -0.39 is 45.2 Å². The zero-order valence-electron chi connectivity index (χ0n) is 15.7. The third-order valence-corrected chi connectivity index (χ3v) is 6.28. The molecular weight excluding hydrogens is 423 g/mol. The molecule has 0 aliphatic carbocycles. The van der Waals surface area contributed by atoms with E-state index in [1.165, 1.54) is 0 Å². The van der Waals surface area contributed by atoms with Crippen LogP contribution in [0.4, 0.5) is 0 Å². The number of carboxylic acid groups (broad SMARTS) is 1. The topological polar surface area (TPSA) is 148 Å². The van der Waals surface area contributed by atoms with Crippen LogP contribution in [0, 0.1) is 5.92 Å². The van der Waals surface area contributed by atoms with Crippen molar-refractivity contribution in [3.8, 4) is 0 Å². The van der Waals surface area contributed by atoms with Crippen LogP contribution in [0.5, 0.6) is 0 Å². The van der Waals surface area contributed by atoms with Crippen LogP contribution in [0.15, 0.2) is 0 Å². The van der Waals surface area contributed by atoms with E-state index in [0.717, 1.165) is 18.6 Å². The van der Waals surface area contributed by atoms with Crippen LogP contribution in [-0.2, 0) is 14.4 Å². The molecule has 0 aromatic heterocycles. The second kappa shape index (κ2) is 14.4. The Morgan fingerprint density at radius 1 is 1.19 bits per heavy atom. The fourth-order valence-electron chi connectivity index (χ4n) is 2.08. The summed E-state index contributed by atoms with van der Waals surface area (Å²) in [4.78, 5) is 35.9. The van der Waals surface area contributed by atoms with Crippen LogP contribution in [-0.4, -0.2) is 73.5 Å². The van der Waals surface area contributed by atoms with Crippen molar-refractivity contribution in [3.63, 3.8) is 0 Å². The molecule has 0 aliphatic rings. The van der Waals surface area contributed by atoms with Gasteiger partial charge in [-0.05, 0) is 0 Å². The molecule has 0 rings (SSSR count). The van der Waals surface area contributed by atoms with Gasteiger partial charge >= 0.3 is 166 Å². The number of nitrogens with one attached hydrogen (secondary N) is 2. The number of hydrogen-bond donors (Lipinski definition) is 5. The number of carbonyl (C=O) groups excluding carboxylic acids is 2. The number of carboxylic acids is 1. The van der Waals surface area contributed by atoms with Gasteiger partial charge in [-0.2, -0.15) is 0 Å². The summed E-state index contributed by atoms with van der Waals surface area (Å²) in [6.07, 6.45) is 4.63. The first-order valence-electron chi connectivity index (χ1n) is 8.68. The van der Waals surface area contributed by atoms with Crippen LogP contribution >= 0.6 is 11.8 Å². The summed E-state index contributed by atoms with van der Waals surface area (Å²) in [5.41, 5.74) is 11.3. The molecule has 7 N–H and O–H groups in total. The standard InChI is InChI=1S/C16H32N4O4SSe/c1-10(2)13(15(22)23)19-14(21)12(7-9-25-3)20-26-16(24)11(18)6-4-5-8-17/h10-13,20H,4-9,17-18H2,1-3H3,(H,19,21)(H,22,23)/t11-,12-,13-/m0/s1. The zero-order chi connectivity index (χ0) is 20.1. The van der Waals surface area contributed by atoms with E-state index in [1.807, 2.05) is 6.26 Å². The molecule has 0 aliphatic heterocycles. The van der Waals surface area contributed by atoms with Gasteiger partial charge in [0.1, 0.15) is 0 Å². The summed E-state index contributed by atoms with van der Waals surface area (Å²) in [6, 6.07) is -2.12. The molecule has 0 radical (unpaired) electrons. The Bertz CT molecular complexity index is 454. The van der Waals surface area contributed by atoms with Crippen LogP contribution in [0.3, 0.4) is 0 Å². The summed E-state index contributed by atoms with van der Waals surface area (Å²) >= 11 is 0.942. The minimum absolute atomic E-state index is 0.102. The van der Waals surface area contributed by atoms with Crippen molar-refractivity contribution >= 4 is 43.5 Å². The normalized spacial score (nSPS) is 14.7. The molecule has 3 atom stereocenters. The fourth-order valence-corrected chi connectivity index (χ4v) is 4.13. The number of thioether (sulfide) groups is 1. The average molecular weight is 455 g/mol. The fraction of sp³-hybridized carbons (Fsp3) is 0.812. The van der Waals surface area contributed by atoms with Crippen molar-refractivity contribution in [2.45, 2.75) is 57.7 Å². The Kier molecular flexibility index (Phi) is 14.1. The van der Waals surface area contributed by atoms with Gasteiger partial charge in [-0.25, -0.2) is 0 Å². The van der Waals surface area contributed by atoms with Crippen molar-refractivity contribution in [1.29, 1.82) is 0 Å². The quantitative estimate of drug-likeness (QED) is 0.164. The molecular formula is C16H32N4O4SSe. The van der Waals surface area contributed by atoms with Crippen molar-refractivity contribution in [2.24, 2.45) is 17.4 Å². The zero-order valence-corrected chi connectivity index (χ0v) is 18.2. The monoisotopic (exact) mass is 456 g/mol. The molecule has 0 saturated carbocycles. The molecule has 26 heavy (non-hydrogen) atoms. The third-order valence-electron chi connectivity index (χ3n) is 3.73. The minimum atomic E-state index is -1.07. The number of nitrogens with two attached hydrogens (primary N) is 2. The summed E-state index contributed by atoms with van der Waals surface area (Å²) in [6.45, 7) is 4.04. The van der Waals surface area contributed by atoms with E-state index in [0.29, 0.717) is 19.4 Å². The van der Waals surface area contributed by atoms with Gasteiger partial charge in [0.25, 0.3) is 0 Å². The second-order valence-corrected chi connectivity index (χ2v) is 9.09. The van der Waals surface area contributed by atoms with Gasteiger partial charge in [-0.15, -0.1) is 0 Å². The molecule has 0 aromatic rings. The van der Waals surface area contributed by atoms with E-state index in [-0.39, 0.29) is 10.6 Å². The van der Waals surface area contributed by atoms with E-state index in [2.05, 4.69) is 9.65 Å². The van der Waals surface area contributed by atoms with Crippen LogP contribution in [0.1, 0.15) is 39.5 Å². The van der Waals surface area contributed by atoms with E-state index >= 15 is 0 Å². The Morgan fingerprint density at radius 3 is 2.35 bits per heavy atom. The third kappa shape index (κ3) is 10.5. The summed E-state index contributed by atoms with van der Waals surface area (Å²) in [7, 11) is 0. The SMILES string of the molecule is CSCC[C@H](N[Se]C(=O)[C@@H](N)CCCCN)C(=O)N[C@H](C(=O)O)C(C)C. The van der Waals surface area contributed by atoms with Crippen molar-refractivity contribution in [1.82, 2.24) is 9.65 Å². The molecule has 8 nitrogen and oxygen atoms in total. The van der Waals surface area contributed by atoms with E-state index in [9.17, 15) is 19.5 Å². The summed E-state index contributed by atoms with van der Waals surface area (Å²) in [5.74, 6) is -0.982. The number of carbonyl (C=O) groups is 3. The average Bonchev–Trinajstić information content (AvgIpc) is 2.58. The predicted molar refractivity (Wildman–Crippen MR) is 106 cm³/mol. The Hall–Kier alpha value is -0.641. The Labute approximate surface area is 166 Å². The molecule has 0 unspecified atom stereocenters. The Morgan fingerprint density at radius 2 is 1.85 bits per heavy atom. The number of aliphatic carboxylic acids is 1. The first-order valence-corrected chi connectivity index (χ1v) is 11.8. The number of hydrogen-bond acceptors (Lipinski definition) is 7. The van der Waals surface area contributed by atoms with Gasteiger partial charge in [0, 0.05) is 0 Å². The molecule has 0 heterocycles. The maximum atomic E-state index is 12.5. The van der Waals surface area contributed by atoms with Crippen molar-refractivity contribution < 1.29 is 19.5 Å². The molecule has 0 spiro atoms. The molecule has 0 saturated heterocycles. The van der Waals surface area contributed by atoms with Gasteiger partial charge in [0.2, 0.25) is 0 Å². The number of unbranched alkanes of at least 4 members (excludes halogenated alkanes) is 1. The van der Waals surface area contributed by atoms with Gasteiger partial charge in [-0.3, -0.25) is 0 Å². The summed E-state index contributed by atoms with van der Waals surface area (Å²) in [5, 5.41) is 11.8. The molecule has 152 valence electrons.